The van der Waals surface area contributed by atoms with E-state index in [-0.39, 0.29) is 0 Å². The van der Waals surface area contributed by atoms with Crippen LogP contribution < -0.4 is 0 Å². The van der Waals surface area contributed by atoms with Gasteiger partial charge in [0.1, 0.15) is 0 Å². The van der Waals surface area contributed by atoms with Crippen LogP contribution in [0.15, 0.2) is 91.0 Å². The highest BCUT2D eigenvalue weighted by Crippen LogP contribution is 2.12. The summed E-state index contributed by atoms with van der Waals surface area (Å²) >= 11 is 0. The molecule has 0 fully saturated rings. The van der Waals surface area contributed by atoms with Crippen molar-refractivity contribution < 1.29 is 0 Å². The minimum Gasteiger partial charge on any atom is -0.295 e. The van der Waals surface area contributed by atoms with Crippen LogP contribution in [0.25, 0.3) is 0 Å². The Hall–Kier alpha value is -2.38. The first-order valence-electron chi connectivity index (χ1n) is 8.74. The van der Waals surface area contributed by atoms with Crippen LogP contribution in [0.3, 0.4) is 0 Å². The van der Waals surface area contributed by atoms with E-state index in [9.17, 15) is 0 Å². The Kier molecular flexibility index (Phi) is 6.21. The lowest BCUT2D eigenvalue weighted by Crippen LogP contribution is -2.24. The zero-order valence-corrected chi connectivity index (χ0v) is 14.1. The van der Waals surface area contributed by atoms with Crippen molar-refractivity contribution in [3.8, 4) is 0 Å². The monoisotopic (exact) mass is 315 g/mol. The molecule has 0 aliphatic rings. The third-order valence-electron chi connectivity index (χ3n) is 4.28. The van der Waals surface area contributed by atoms with Gasteiger partial charge in [0.05, 0.1) is 0 Å². The minimum absolute atomic E-state index is 1.00. The van der Waals surface area contributed by atoms with E-state index in [1.165, 1.54) is 23.1 Å². The molecule has 122 valence electrons. The van der Waals surface area contributed by atoms with Gasteiger partial charge in [-0.1, -0.05) is 91.0 Å². The van der Waals surface area contributed by atoms with Gasteiger partial charge in [-0.05, 0) is 36.1 Å². The normalized spacial score (nSPS) is 10.9. The highest BCUT2D eigenvalue weighted by Gasteiger charge is 2.07. The van der Waals surface area contributed by atoms with Crippen molar-refractivity contribution in [2.45, 2.75) is 25.9 Å². The quantitative estimate of drug-likeness (QED) is 0.543. The second-order valence-corrected chi connectivity index (χ2v) is 6.27. The summed E-state index contributed by atoms with van der Waals surface area (Å²) in [7, 11) is 0. The van der Waals surface area contributed by atoms with Crippen molar-refractivity contribution >= 4 is 0 Å². The fraction of sp³-hybridized carbons (Fsp3) is 0.217. The molecular formula is C23H25N. The van der Waals surface area contributed by atoms with Crippen LogP contribution in [0.5, 0.6) is 0 Å². The number of aryl methyl sites for hydroxylation is 1. The Morgan fingerprint density at radius 1 is 0.500 bits per heavy atom. The lowest BCUT2D eigenvalue weighted by molar-refractivity contribution is 0.253. The van der Waals surface area contributed by atoms with Gasteiger partial charge in [-0.25, -0.2) is 0 Å². The Morgan fingerprint density at radius 3 is 1.38 bits per heavy atom. The molecular weight excluding hydrogens is 290 g/mol. The molecule has 0 aliphatic carbocycles. The smallest absolute Gasteiger partial charge is 0.0237 e. The number of nitrogens with zero attached hydrogens (tertiary/aromatic N) is 1. The minimum atomic E-state index is 1.00. The summed E-state index contributed by atoms with van der Waals surface area (Å²) in [5.74, 6) is 0. The number of benzene rings is 3. The highest BCUT2D eigenvalue weighted by molar-refractivity contribution is 5.17. The molecule has 24 heavy (non-hydrogen) atoms. The molecule has 0 aromatic heterocycles. The van der Waals surface area contributed by atoms with Crippen molar-refractivity contribution in [1.82, 2.24) is 4.90 Å². The van der Waals surface area contributed by atoms with Gasteiger partial charge in [-0.3, -0.25) is 4.90 Å². The summed E-state index contributed by atoms with van der Waals surface area (Å²) in [5.41, 5.74) is 4.19. The summed E-state index contributed by atoms with van der Waals surface area (Å²) in [4.78, 5) is 2.55. The van der Waals surface area contributed by atoms with Crippen molar-refractivity contribution in [1.29, 1.82) is 0 Å². The molecule has 0 saturated heterocycles. The largest absolute Gasteiger partial charge is 0.295 e. The maximum atomic E-state index is 2.55. The third kappa shape index (κ3) is 5.36. The molecule has 0 radical (unpaired) electrons. The Morgan fingerprint density at radius 2 is 0.917 bits per heavy atom. The fourth-order valence-electron chi connectivity index (χ4n) is 3.05. The van der Waals surface area contributed by atoms with Gasteiger partial charge in [-0.15, -0.1) is 0 Å². The van der Waals surface area contributed by atoms with Crippen LogP contribution in [-0.2, 0) is 19.5 Å². The molecule has 0 heterocycles. The molecule has 0 saturated carbocycles. The maximum Gasteiger partial charge on any atom is 0.0237 e. The summed E-state index contributed by atoms with van der Waals surface area (Å²) < 4.78 is 0. The van der Waals surface area contributed by atoms with Gasteiger partial charge in [-0.2, -0.15) is 0 Å². The van der Waals surface area contributed by atoms with E-state index in [1.54, 1.807) is 0 Å². The molecule has 1 heteroatoms. The van der Waals surface area contributed by atoms with Gasteiger partial charge in [0.25, 0.3) is 0 Å². The number of rotatable bonds is 8. The van der Waals surface area contributed by atoms with E-state index < -0.39 is 0 Å². The molecule has 0 aliphatic heterocycles. The van der Waals surface area contributed by atoms with E-state index in [0.29, 0.717) is 0 Å². The highest BCUT2D eigenvalue weighted by atomic mass is 15.1. The summed E-state index contributed by atoms with van der Waals surface area (Å²) in [5, 5.41) is 0. The summed E-state index contributed by atoms with van der Waals surface area (Å²) in [6.07, 6.45) is 2.32. The average Bonchev–Trinajstić information content (AvgIpc) is 2.64. The zero-order chi connectivity index (χ0) is 16.5. The average molecular weight is 315 g/mol. The number of hydrogen-bond donors (Lipinski definition) is 0. The van der Waals surface area contributed by atoms with Crippen LogP contribution in [0.1, 0.15) is 23.1 Å². The predicted molar refractivity (Wildman–Crippen MR) is 102 cm³/mol. The van der Waals surface area contributed by atoms with Crippen molar-refractivity contribution in [2.24, 2.45) is 0 Å². The first-order chi connectivity index (χ1) is 11.9. The first-order valence-corrected chi connectivity index (χ1v) is 8.74. The van der Waals surface area contributed by atoms with E-state index in [2.05, 4.69) is 95.9 Å². The molecule has 0 spiro atoms. The zero-order valence-electron chi connectivity index (χ0n) is 14.1. The second kappa shape index (κ2) is 9.05. The Balaban J connectivity index is 1.60. The van der Waals surface area contributed by atoms with Crippen molar-refractivity contribution in [3.63, 3.8) is 0 Å². The van der Waals surface area contributed by atoms with Gasteiger partial charge >= 0.3 is 0 Å². The molecule has 0 amide bonds. The second-order valence-electron chi connectivity index (χ2n) is 6.27. The molecule has 0 N–H and O–H groups in total. The predicted octanol–water partition coefficient (Wildman–Crippen LogP) is 5.32. The topological polar surface area (TPSA) is 3.24 Å². The van der Waals surface area contributed by atoms with Crippen molar-refractivity contribution in [3.05, 3.63) is 108 Å². The molecule has 0 atom stereocenters. The molecule has 3 aromatic rings. The lowest BCUT2D eigenvalue weighted by Gasteiger charge is -2.22. The van der Waals surface area contributed by atoms with E-state index >= 15 is 0 Å². The molecule has 3 rings (SSSR count). The van der Waals surface area contributed by atoms with E-state index in [0.717, 1.165) is 26.1 Å². The van der Waals surface area contributed by atoms with Gasteiger partial charge in [0.2, 0.25) is 0 Å². The van der Waals surface area contributed by atoms with Gasteiger partial charge < -0.3 is 0 Å². The maximum absolute atomic E-state index is 2.55. The SMILES string of the molecule is c1ccc(CCCN(Cc2ccccc2)Cc2ccccc2)cc1. The van der Waals surface area contributed by atoms with Crippen molar-refractivity contribution in [2.75, 3.05) is 6.54 Å². The Labute approximate surface area is 145 Å². The van der Waals surface area contributed by atoms with Crippen LogP contribution in [0.4, 0.5) is 0 Å². The Bertz CT molecular complexity index is 650. The van der Waals surface area contributed by atoms with Gasteiger partial charge in [0.15, 0.2) is 0 Å². The summed E-state index contributed by atoms with van der Waals surface area (Å²) in [6.45, 7) is 3.12. The molecule has 0 unspecified atom stereocenters. The van der Waals surface area contributed by atoms with Crippen LogP contribution in [0, 0.1) is 0 Å². The van der Waals surface area contributed by atoms with E-state index in [1.807, 2.05) is 0 Å². The van der Waals surface area contributed by atoms with Crippen LogP contribution >= 0.6 is 0 Å². The van der Waals surface area contributed by atoms with Crippen LogP contribution in [-0.4, -0.2) is 11.4 Å². The number of hydrogen-bond acceptors (Lipinski definition) is 1. The lowest BCUT2D eigenvalue weighted by atomic mass is 10.1. The molecule has 3 aromatic carbocycles. The fourth-order valence-corrected chi connectivity index (χ4v) is 3.05. The van der Waals surface area contributed by atoms with E-state index in [4.69, 9.17) is 0 Å². The van der Waals surface area contributed by atoms with Gasteiger partial charge in [0, 0.05) is 13.1 Å². The summed E-state index contributed by atoms with van der Waals surface area (Å²) in [6, 6.07) is 32.3. The first kappa shape index (κ1) is 16.5. The van der Waals surface area contributed by atoms with Crippen LogP contribution in [0.2, 0.25) is 0 Å². The molecule has 0 bridgehead atoms. The third-order valence-corrected chi connectivity index (χ3v) is 4.28. The molecule has 1 nitrogen and oxygen atoms in total. The standard InChI is InChI=1S/C23H25N/c1-4-11-21(12-5-1)17-10-18-24(19-22-13-6-2-7-14-22)20-23-15-8-3-9-16-23/h1-9,11-16H,10,17-20H2.